The molecule has 6 aromatic rings. The molecule has 0 aliphatic heterocycles. The molecule has 0 atom stereocenters. The Labute approximate surface area is 269 Å². The van der Waals surface area contributed by atoms with Crippen LogP contribution in [0.15, 0.2) is 20.4 Å². The van der Waals surface area contributed by atoms with E-state index in [1.165, 1.54) is 12.4 Å². The maximum atomic E-state index is 5.91. The van der Waals surface area contributed by atoms with Crippen molar-refractivity contribution in [2.75, 3.05) is 43.8 Å². The molecular weight excluding hydrogens is 652 g/mol. The predicted molar refractivity (Wildman–Crippen MR) is 168 cm³/mol. The molecule has 6 aromatic heterocycles. The monoisotopic (exact) mass is 672 g/mol. The van der Waals surface area contributed by atoms with Gasteiger partial charge in [0.1, 0.15) is 0 Å². The number of rotatable bonds is 15. The molecule has 0 amide bonds. The summed E-state index contributed by atoms with van der Waals surface area (Å²) >= 11 is 0. The maximum Gasteiger partial charge on any atom is 0.292 e. The summed E-state index contributed by atoms with van der Waals surface area (Å²) in [6.45, 7) is 5.01. The highest BCUT2D eigenvalue weighted by molar-refractivity contribution is 6.16. The van der Waals surface area contributed by atoms with Gasteiger partial charge in [0, 0.05) is 12.9 Å². The number of aromatic nitrogens is 20. The molecule has 0 saturated carbocycles. The Kier molecular flexibility index (Phi) is 8.78. The highest BCUT2D eigenvalue weighted by Gasteiger charge is 2.14. The molecule has 6 heterocycles. The summed E-state index contributed by atoms with van der Waals surface area (Å²) in [5, 5.41) is 73.0. The van der Waals surface area contributed by atoms with Crippen molar-refractivity contribution in [2.24, 2.45) is 20.4 Å². The topological polar surface area (TPSA) is 421 Å². The van der Waals surface area contributed by atoms with Gasteiger partial charge in [-0.3, -0.25) is 10.6 Å². The van der Waals surface area contributed by atoms with E-state index in [0.717, 1.165) is 9.36 Å². The molecule has 0 unspecified atom stereocenters. The molecule has 6 rings (SSSR count). The number of aromatic amines is 2. The van der Waals surface area contributed by atoms with E-state index in [4.69, 9.17) is 11.5 Å². The van der Waals surface area contributed by atoms with Crippen LogP contribution in [0.2, 0.25) is 0 Å². The van der Waals surface area contributed by atoms with Crippen LogP contribution in [0.4, 0.5) is 59.5 Å². The molecule has 12 N–H and O–H groups in total. The van der Waals surface area contributed by atoms with Crippen molar-refractivity contribution in [2.45, 2.75) is 6.92 Å². The number of nitrogens with two attached hydrogens (primary N) is 2. The Morgan fingerprint density at radius 1 is 0.592 bits per heavy atom. The Balaban J connectivity index is 0.959. The molecule has 248 valence electrons. The predicted octanol–water partition coefficient (Wildman–Crippen LogP) is -3.16. The summed E-state index contributed by atoms with van der Waals surface area (Å²) in [4.78, 5) is 16.1. The van der Waals surface area contributed by atoms with E-state index in [1.54, 1.807) is 13.1 Å². The van der Waals surface area contributed by atoms with E-state index < -0.39 is 0 Å². The zero-order valence-electron chi connectivity index (χ0n) is 24.4. The third-order valence-corrected chi connectivity index (χ3v) is 5.03. The number of H-pyrrole nitrogens is 2. The molecule has 32 nitrogen and oxygen atoms in total. The van der Waals surface area contributed by atoms with Crippen LogP contribution in [0, 0.1) is 0 Å². The van der Waals surface area contributed by atoms with Gasteiger partial charge in [0.15, 0.2) is 0 Å². The first-order chi connectivity index (χ1) is 24.0. The first kappa shape index (κ1) is 30.5. The molecule has 0 aromatic carbocycles. The standard InChI is InChI=1S/C17H20N32/c1-3-21-31-10-26-8(34-36-10)28-12-40-44-17(45-41-12)49-7(19)25-15(47-49)33-23-5-4-22-32-11-27-9(35-37-11)29-13-38-42-16(43-39-13)48-6(18)24-14(46-48)30-20-2/h3-5H,2H2,1H3,(H3,18,24,30,46)(H3,19,25,33,47)(H3,26,28,31,34,36,40,41)(H3,27,29,32,35,37,38,39)/b21-3+,22-4+,23-5+. The lowest BCUT2D eigenvalue weighted by Gasteiger charge is -2.00. The van der Waals surface area contributed by atoms with Gasteiger partial charge in [-0.15, -0.1) is 61.2 Å². The third kappa shape index (κ3) is 7.61. The van der Waals surface area contributed by atoms with Gasteiger partial charge in [0.2, 0.25) is 23.8 Å². The van der Waals surface area contributed by atoms with Gasteiger partial charge >= 0.3 is 0 Å². The molecule has 32 heteroatoms. The van der Waals surface area contributed by atoms with Crippen LogP contribution in [-0.4, -0.2) is 126 Å². The molecule has 0 aliphatic rings. The second-order valence-electron chi connectivity index (χ2n) is 8.27. The summed E-state index contributed by atoms with van der Waals surface area (Å²) in [7, 11) is 0. The van der Waals surface area contributed by atoms with Gasteiger partial charge in [-0.05, 0) is 6.92 Å². The number of anilines is 10. The van der Waals surface area contributed by atoms with Gasteiger partial charge in [-0.1, -0.05) is 0 Å². The van der Waals surface area contributed by atoms with Gasteiger partial charge < -0.3 is 11.5 Å². The van der Waals surface area contributed by atoms with E-state index in [1.807, 2.05) is 0 Å². The molecule has 0 bridgehead atoms. The van der Waals surface area contributed by atoms with Crippen LogP contribution in [0.5, 0.6) is 0 Å². The molecule has 0 fully saturated rings. The average molecular weight is 673 g/mol. The van der Waals surface area contributed by atoms with Crippen molar-refractivity contribution in [1.82, 2.24) is 101 Å². The minimum absolute atomic E-state index is 0.00368. The van der Waals surface area contributed by atoms with E-state index in [9.17, 15) is 0 Å². The summed E-state index contributed by atoms with van der Waals surface area (Å²) in [6, 6.07) is 0. The average Bonchev–Trinajstić information content (AvgIpc) is 3.91. The summed E-state index contributed by atoms with van der Waals surface area (Å²) in [5.74, 6) is 0.685. The first-order valence-corrected chi connectivity index (χ1v) is 13.0. The van der Waals surface area contributed by atoms with Crippen LogP contribution >= 0.6 is 0 Å². The largest absolute Gasteiger partial charge is 0.368 e. The SMILES string of the molecule is C=NNc1nc(N)n(-c2nnc(Nc3nc(N/N=C/C=N/Nc4nc(N)n(-c5nnc(Nc6nc(N/N=C/C)n[nH]6)nn5)n4)n[nH]3)nn2)n1. The van der Waals surface area contributed by atoms with E-state index in [-0.39, 0.29) is 71.4 Å². The quantitative estimate of drug-likeness (QED) is 0.0380. The van der Waals surface area contributed by atoms with Gasteiger partial charge in [-0.25, -0.2) is 31.9 Å². The number of hydrogen-bond donors (Lipinski definition) is 10. The van der Waals surface area contributed by atoms with Crippen LogP contribution in [0.3, 0.4) is 0 Å². The Hall–Kier alpha value is -8.48. The number of hydrogen-bond acceptors (Lipinski definition) is 28. The van der Waals surface area contributed by atoms with Gasteiger partial charge in [0.25, 0.3) is 47.6 Å². The summed E-state index contributed by atoms with van der Waals surface area (Å²) in [6.07, 6.45) is 4.12. The fourth-order valence-electron chi connectivity index (χ4n) is 3.15. The molecule has 0 aliphatic carbocycles. The minimum atomic E-state index is -0.0604. The highest BCUT2D eigenvalue weighted by atomic mass is 15.6. The van der Waals surface area contributed by atoms with Crippen molar-refractivity contribution in [1.29, 1.82) is 0 Å². The number of nitrogens with one attached hydrogen (secondary N) is 8. The minimum Gasteiger partial charge on any atom is -0.368 e. The lowest BCUT2D eigenvalue weighted by molar-refractivity contribution is 0.739. The Morgan fingerprint density at radius 2 is 1.04 bits per heavy atom. The molecule has 0 spiro atoms. The molecule has 0 radical (unpaired) electrons. The van der Waals surface area contributed by atoms with E-state index in [0.29, 0.717) is 0 Å². The molecular formula is C17H20N32. The zero-order valence-corrected chi connectivity index (χ0v) is 24.4. The lowest BCUT2D eigenvalue weighted by atomic mass is 10.8. The van der Waals surface area contributed by atoms with Crippen LogP contribution in [0.1, 0.15) is 6.92 Å². The number of hydrazone groups is 4. The van der Waals surface area contributed by atoms with Crippen LogP contribution in [0.25, 0.3) is 11.9 Å². The third-order valence-electron chi connectivity index (χ3n) is 5.03. The Bertz CT molecular complexity index is 2070. The normalized spacial score (nSPS) is 11.4. The van der Waals surface area contributed by atoms with Crippen LogP contribution < -0.4 is 43.8 Å². The van der Waals surface area contributed by atoms with Crippen LogP contribution in [-0.2, 0) is 0 Å². The second-order valence-corrected chi connectivity index (χ2v) is 8.27. The summed E-state index contributed by atoms with van der Waals surface area (Å²) < 4.78 is 2.20. The summed E-state index contributed by atoms with van der Waals surface area (Å²) in [5.41, 5.74) is 21.9. The lowest BCUT2D eigenvalue weighted by Crippen LogP contribution is -2.11. The number of nitrogen functional groups attached to an aromatic ring is 2. The highest BCUT2D eigenvalue weighted by Crippen LogP contribution is 2.13. The number of nitrogens with zero attached hydrogens (tertiary/aromatic N) is 22. The fourth-order valence-corrected chi connectivity index (χ4v) is 3.15. The fraction of sp³-hybridized carbons (Fsp3) is 0.0588. The molecule has 0 saturated heterocycles. The van der Waals surface area contributed by atoms with Crippen molar-refractivity contribution in [3.8, 4) is 11.9 Å². The van der Waals surface area contributed by atoms with Crippen molar-refractivity contribution in [3.63, 3.8) is 0 Å². The van der Waals surface area contributed by atoms with Crippen molar-refractivity contribution in [3.05, 3.63) is 0 Å². The first-order valence-electron chi connectivity index (χ1n) is 13.0. The van der Waals surface area contributed by atoms with Crippen molar-refractivity contribution >= 4 is 84.8 Å². The van der Waals surface area contributed by atoms with E-state index >= 15 is 0 Å². The maximum absolute atomic E-state index is 5.91. The van der Waals surface area contributed by atoms with Gasteiger partial charge in [-0.2, -0.15) is 49.7 Å². The Morgan fingerprint density at radius 3 is 1.51 bits per heavy atom. The zero-order chi connectivity index (χ0) is 34.0. The van der Waals surface area contributed by atoms with E-state index in [2.05, 4.69) is 151 Å². The second kappa shape index (κ2) is 14.1. The van der Waals surface area contributed by atoms with Gasteiger partial charge in [0.05, 0.1) is 12.4 Å². The smallest absolute Gasteiger partial charge is 0.292 e. The molecule has 49 heavy (non-hydrogen) atoms. The van der Waals surface area contributed by atoms with Crippen molar-refractivity contribution < 1.29 is 0 Å².